The van der Waals surface area contributed by atoms with Crippen LogP contribution in [0.25, 0.3) is 0 Å². The van der Waals surface area contributed by atoms with Crippen LogP contribution in [0.15, 0.2) is 28.3 Å². The minimum Gasteiger partial charge on any atom is -0.325 e. The number of carbonyl (C=O) groups excluding carboxylic acids is 1. The number of amides is 1. The lowest BCUT2D eigenvalue weighted by Gasteiger charge is -2.08. The number of thioether (sulfide) groups is 1. The molecule has 0 aliphatic carbocycles. The largest absolute Gasteiger partial charge is 0.325 e. The number of sulfonamides is 1. The topological polar surface area (TPSA) is 106 Å². The fourth-order valence-corrected chi connectivity index (χ4v) is 3.46. The summed E-state index contributed by atoms with van der Waals surface area (Å²) in [5.74, 6) is -0.332. The molecule has 2 rings (SSSR count). The average Bonchev–Trinajstić information content (AvgIpc) is 2.79. The zero-order valence-corrected chi connectivity index (χ0v) is 14.9. The summed E-state index contributed by atoms with van der Waals surface area (Å²) >= 11 is 7.33. The normalized spacial score (nSPS) is 11.3. The van der Waals surface area contributed by atoms with Crippen molar-refractivity contribution in [2.45, 2.75) is 17.0 Å². The highest BCUT2D eigenvalue weighted by Gasteiger charge is 2.19. The van der Waals surface area contributed by atoms with Crippen molar-refractivity contribution in [3.05, 3.63) is 23.2 Å². The molecule has 0 saturated heterocycles. The van der Waals surface area contributed by atoms with Gasteiger partial charge in [-0.1, -0.05) is 23.4 Å². The molecule has 1 aromatic carbocycles. The standard InChI is InChI=1S/C12H14ClN5O3S2/c1-7(19)14-10-5-4-8(6-9(10)13)23(20,21)17-11-15-12(22-3)18(2)16-11/h4-6H,1-3H3,(H,14,19)(H,16,17). The summed E-state index contributed by atoms with van der Waals surface area (Å²) < 4.78 is 28.4. The molecule has 8 nitrogen and oxygen atoms in total. The van der Waals surface area contributed by atoms with Crippen LogP contribution in [0.3, 0.4) is 0 Å². The van der Waals surface area contributed by atoms with Crippen molar-refractivity contribution in [1.29, 1.82) is 0 Å². The van der Waals surface area contributed by atoms with Crippen molar-refractivity contribution in [3.63, 3.8) is 0 Å². The Morgan fingerprint density at radius 2 is 2.09 bits per heavy atom. The highest BCUT2D eigenvalue weighted by Crippen LogP contribution is 2.26. The van der Waals surface area contributed by atoms with Gasteiger partial charge in [-0.2, -0.15) is 4.98 Å². The molecule has 1 aromatic heterocycles. The number of halogens is 1. The summed E-state index contributed by atoms with van der Waals surface area (Å²) in [5.41, 5.74) is 0.332. The summed E-state index contributed by atoms with van der Waals surface area (Å²) in [4.78, 5) is 15.0. The van der Waals surface area contributed by atoms with Crippen molar-refractivity contribution in [1.82, 2.24) is 14.8 Å². The second-order valence-electron chi connectivity index (χ2n) is 4.47. The average molecular weight is 376 g/mol. The van der Waals surface area contributed by atoms with E-state index in [1.165, 1.54) is 41.6 Å². The van der Waals surface area contributed by atoms with Gasteiger partial charge in [0.2, 0.25) is 5.91 Å². The molecule has 1 heterocycles. The van der Waals surface area contributed by atoms with Crippen molar-refractivity contribution in [2.75, 3.05) is 16.3 Å². The lowest BCUT2D eigenvalue weighted by atomic mass is 10.3. The molecular formula is C12H14ClN5O3S2. The van der Waals surface area contributed by atoms with Gasteiger partial charge in [-0.05, 0) is 24.5 Å². The van der Waals surface area contributed by atoms with E-state index >= 15 is 0 Å². The Morgan fingerprint density at radius 1 is 1.39 bits per heavy atom. The van der Waals surface area contributed by atoms with Crippen molar-refractivity contribution < 1.29 is 13.2 Å². The minimum atomic E-state index is -3.89. The van der Waals surface area contributed by atoms with Crippen molar-refractivity contribution in [2.24, 2.45) is 7.05 Å². The van der Waals surface area contributed by atoms with Crippen molar-refractivity contribution in [3.8, 4) is 0 Å². The van der Waals surface area contributed by atoms with Gasteiger partial charge in [0, 0.05) is 14.0 Å². The highest BCUT2D eigenvalue weighted by atomic mass is 35.5. The van der Waals surface area contributed by atoms with Crippen LogP contribution in [0.1, 0.15) is 6.92 Å². The summed E-state index contributed by atoms with van der Waals surface area (Å²) in [6.07, 6.45) is 1.81. The predicted molar refractivity (Wildman–Crippen MR) is 89.3 cm³/mol. The molecule has 0 fully saturated rings. The maximum atomic E-state index is 12.3. The van der Waals surface area contributed by atoms with E-state index in [0.29, 0.717) is 10.8 Å². The number of rotatable bonds is 5. The summed E-state index contributed by atoms with van der Waals surface area (Å²) in [5, 5.41) is 7.16. The first kappa shape index (κ1) is 17.6. The third-order valence-corrected chi connectivity index (χ3v) is 5.05. The molecular weight excluding hydrogens is 362 g/mol. The fraction of sp³-hybridized carbons (Fsp3) is 0.250. The first-order valence-corrected chi connectivity index (χ1v) is 9.36. The maximum Gasteiger partial charge on any atom is 0.264 e. The third kappa shape index (κ3) is 4.15. The SMILES string of the molecule is CSc1nc(NS(=O)(=O)c2ccc(NC(C)=O)c(Cl)c2)nn1C. The number of nitrogens with one attached hydrogen (secondary N) is 2. The first-order chi connectivity index (χ1) is 10.7. The lowest BCUT2D eigenvalue weighted by molar-refractivity contribution is -0.114. The Labute approximate surface area is 142 Å². The van der Waals surface area contributed by atoms with Gasteiger partial charge in [-0.3, -0.25) is 4.79 Å². The van der Waals surface area contributed by atoms with Gasteiger partial charge in [-0.15, -0.1) is 5.10 Å². The summed E-state index contributed by atoms with van der Waals surface area (Å²) in [6.45, 7) is 1.33. The second-order valence-corrected chi connectivity index (χ2v) is 7.34. The number of nitrogens with zero attached hydrogens (tertiary/aromatic N) is 3. The molecule has 0 aliphatic heterocycles. The molecule has 0 saturated carbocycles. The molecule has 2 N–H and O–H groups in total. The zero-order valence-electron chi connectivity index (χ0n) is 12.5. The van der Waals surface area contributed by atoms with Crippen LogP contribution < -0.4 is 10.0 Å². The monoisotopic (exact) mass is 375 g/mol. The van der Waals surface area contributed by atoms with Crippen LogP contribution in [-0.2, 0) is 21.9 Å². The molecule has 124 valence electrons. The highest BCUT2D eigenvalue weighted by molar-refractivity contribution is 7.98. The zero-order chi connectivity index (χ0) is 17.2. The van der Waals surface area contributed by atoms with E-state index in [-0.39, 0.29) is 21.8 Å². The molecule has 23 heavy (non-hydrogen) atoms. The van der Waals surface area contributed by atoms with E-state index < -0.39 is 10.0 Å². The van der Waals surface area contributed by atoms with Gasteiger partial charge in [0.25, 0.3) is 16.0 Å². The fourth-order valence-electron chi connectivity index (χ4n) is 1.72. The Bertz CT molecular complexity index is 850. The quantitative estimate of drug-likeness (QED) is 0.773. The van der Waals surface area contributed by atoms with Crippen LogP contribution >= 0.6 is 23.4 Å². The van der Waals surface area contributed by atoms with E-state index in [2.05, 4.69) is 20.1 Å². The van der Waals surface area contributed by atoms with Crippen LogP contribution in [0.2, 0.25) is 5.02 Å². The van der Waals surface area contributed by atoms with Gasteiger partial charge in [0.1, 0.15) is 0 Å². The van der Waals surface area contributed by atoms with E-state index in [1.807, 2.05) is 6.26 Å². The number of aryl methyl sites for hydroxylation is 1. The number of benzene rings is 1. The van der Waals surface area contributed by atoms with E-state index in [0.717, 1.165) is 0 Å². The van der Waals surface area contributed by atoms with Gasteiger partial charge in [0.05, 0.1) is 15.6 Å². The minimum absolute atomic E-state index is 0.0288. The number of carbonyl (C=O) groups is 1. The van der Waals surface area contributed by atoms with Gasteiger partial charge < -0.3 is 5.32 Å². The molecule has 0 radical (unpaired) electrons. The van der Waals surface area contributed by atoms with E-state index in [1.54, 1.807) is 7.05 Å². The smallest absolute Gasteiger partial charge is 0.264 e. The van der Waals surface area contributed by atoms with Crippen LogP contribution in [0, 0.1) is 0 Å². The Morgan fingerprint density at radius 3 is 2.61 bits per heavy atom. The molecule has 0 spiro atoms. The van der Waals surface area contributed by atoms with Crippen molar-refractivity contribution >= 4 is 50.9 Å². The molecule has 0 aliphatic rings. The summed E-state index contributed by atoms with van der Waals surface area (Å²) in [6, 6.07) is 3.99. The predicted octanol–water partition coefficient (Wildman–Crippen LogP) is 1.95. The first-order valence-electron chi connectivity index (χ1n) is 6.28. The third-order valence-electron chi connectivity index (χ3n) is 2.69. The number of anilines is 2. The number of hydrogen-bond acceptors (Lipinski definition) is 6. The van der Waals surface area contributed by atoms with E-state index in [9.17, 15) is 13.2 Å². The number of hydrogen-bond donors (Lipinski definition) is 2. The molecule has 1 amide bonds. The van der Waals surface area contributed by atoms with Gasteiger partial charge in [-0.25, -0.2) is 17.8 Å². The molecule has 2 aromatic rings. The maximum absolute atomic E-state index is 12.3. The molecule has 0 bridgehead atoms. The second kappa shape index (κ2) is 6.77. The Balaban J connectivity index is 2.28. The molecule has 0 unspecified atom stereocenters. The van der Waals surface area contributed by atoms with Crippen LogP contribution in [-0.4, -0.2) is 35.3 Å². The van der Waals surface area contributed by atoms with Gasteiger partial charge >= 0.3 is 0 Å². The van der Waals surface area contributed by atoms with E-state index in [4.69, 9.17) is 11.6 Å². The lowest BCUT2D eigenvalue weighted by Crippen LogP contribution is -2.14. The Hall–Kier alpha value is -1.78. The Kier molecular flexibility index (Phi) is 5.17. The van der Waals surface area contributed by atoms with Crippen LogP contribution in [0.5, 0.6) is 0 Å². The molecule has 0 atom stereocenters. The molecule has 11 heteroatoms. The van der Waals surface area contributed by atoms with Crippen LogP contribution in [0.4, 0.5) is 11.6 Å². The van der Waals surface area contributed by atoms with Gasteiger partial charge in [0.15, 0.2) is 5.16 Å². The number of aromatic nitrogens is 3. The summed E-state index contributed by atoms with van der Waals surface area (Å²) in [7, 11) is -2.23.